The normalized spacial score (nSPS) is 26.2. The highest BCUT2D eigenvalue weighted by atomic mass is 32.2. The minimum absolute atomic E-state index is 0.0598. The third-order valence-corrected chi connectivity index (χ3v) is 4.21. The summed E-state index contributed by atoms with van der Waals surface area (Å²) in [5, 5.41) is 2.86. The Balaban J connectivity index is 2.72. The molecule has 0 radical (unpaired) electrons. The van der Waals surface area contributed by atoms with Gasteiger partial charge in [-0.25, -0.2) is 4.79 Å². The molecule has 0 saturated carbocycles. The molecule has 0 aromatic heterocycles. The predicted molar refractivity (Wildman–Crippen MR) is 64.3 cm³/mol. The Morgan fingerprint density at radius 1 is 1.56 bits per heavy atom. The van der Waals surface area contributed by atoms with Crippen LogP contribution < -0.4 is 5.32 Å². The molecule has 0 bridgehead atoms. The molecule has 1 N–H and O–H groups in total. The smallest absolute Gasteiger partial charge is 0.332 e. The number of hydrogen-bond acceptors (Lipinski definition) is 4. The molecule has 1 fully saturated rings. The van der Waals surface area contributed by atoms with Crippen LogP contribution >= 0.6 is 11.8 Å². The minimum atomic E-state index is -0.792. The van der Waals surface area contributed by atoms with Gasteiger partial charge in [0.1, 0.15) is 5.54 Å². The highest BCUT2D eigenvalue weighted by molar-refractivity contribution is 7.99. The minimum Gasteiger partial charge on any atom is -0.467 e. The Morgan fingerprint density at radius 2 is 2.25 bits per heavy atom. The Hall–Kier alpha value is -0.710. The summed E-state index contributed by atoms with van der Waals surface area (Å²) >= 11 is 1.67. The van der Waals surface area contributed by atoms with E-state index in [1.807, 2.05) is 13.8 Å². The zero-order chi connectivity index (χ0) is 12.2. The Labute approximate surface area is 100 Å². The van der Waals surface area contributed by atoms with Crippen LogP contribution in [0, 0.1) is 5.92 Å². The summed E-state index contributed by atoms with van der Waals surface area (Å²) < 4.78 is 4.78. The summed E-state index contributed by atoms with van der Waals surface area (Å²) in [7, 11) is 1.36. The fourth-order valence-corrected chi connectivity index (χ4v) is 2.94. The van der Waals surface area contributed by atoms with Crippen LogP contribution in [0.2, 0.25) is 0 Å². The maximum atomic E-state index is 11.8. The van der Waals surface area contributed by atoms with Crippen LogP contribution in [0.1, 0.15) is 26.7 Å². The molecule has 1 rings (SSSR count). The van der Waals surface area contributed by atoms with Crippen LogP contribution in [0.15, 0.2) is 0 Å². The van der Waals surface area contributed by atoms with Crippen molar-refractivity contribution in [1.29, 1.82) is 0 Å². The van der Waals surface area contributed by atoms with Crippen LogP contribution in [0.4, 0.5) is 0 Å². The molecule has 1 heterocycles. The second-order valence-electron chi connectivity index (χ2n) is 4.17. The molecule has 1 amide bonds. The number of ether oxygens (including phenoxy) is 1. The molecular weight excluding hydrogens is 226 g/mol. The molecule has 5 heteroatoms. The van der Waals surface area contributed by atoms with E-state index < -0.39 is 5.54 Å². The first kappa shape index (κ1) is 13.4. The quantitative estimate of drug-likeness (QED) is 0.756. The van der Waals surface area contributed by atoms with Gasteiger partial charge in [0.05, 0.1) is 7.11 Å². The van der Waals surface area contributed by atoms with Gasteiger partial charge in [0.2, 0.25) is 5.91 Å². The molecule has 0 aromatic carbocycles. The fourth-order valence-electron chi connectivity index (χ4n) is 1.62. The molecule has 0 aliphatic carbocycles. The molecule has 0 spiro atoms. The summed E-state index contributed by atoms with van der Waals surface area (Å²) in [4.78, 5) is 23.6. The van der Waals surface area contributed by atoms with Gasteiger partial charge in [-0.2, -0.15) is 11.8 Å². The molecule has 0 unspecified atom stereocenters. The lowest BCUT2D eigenvalue weighted by molar-refractivity contribution is -0.150. The maximum Gasteiger partial charge on any atom is 0.332 e. The van der Waals surface area contributed by atoms with Gasteiger partial charge in [0, 0.05) is 11.7 Å². The molecule has 4 nitrogen and oxygen atoms in total. The van der Waals surface area contributed by atoms with Crippen LogP contribution in [0.3, 0.4) is 0 Å². The number of carbonyl (C=O) groups excluding carboxylic acids is 2. The van der Waals surface area contributed by atoms with Gasteiger partial charge in [0.25, 0.3) is 0 Å². The monoisotopic (exact) mass is 245 g/mol. The zero-order valence-electron chi connectivity index (χ0n) is 10.0. The number of carbonyl (C=O) groups is 2. The van der Waals surface area contributed by atoms with Crippen molar-refractivity contribution in [3.05, 3.63) is 0 Å². The van der Waals surface area contributed by atoms with E-state index in [9.17, 15) is 9.59 Å². The van der Waals surface area contributed by atoms with Crippen molar-refractivity contribution in [1.82, 2.24) is 5.32 Å². The van der Waals surface area contributed by atoms with Crippen LogP contribution in [-0.2, 0) is 14.3 Å². The predicted octanol–water partition coefficient (Wildman–Crippen LogP) is 1.20. The lowest BCUT2D eigenvalue weighted by Gasteiger charge is -2.27. The average molecular weight is 245 g/mol. The Bertz CT molecular complexity index is 274. The molecular formula is C11H19NO3S. The number of esters is 1. The topological polar surface area (TPSA) is 55.4 Å². The van der Waals surface area contributed by atoms with Crippen LogP contribution in [-0.4, -0.2) is 36.0 Å². The van der Waals surface area contributed by atoms with Crippen LogP contribution in [0.5, 0.6) is 0 Å². The van der Waals surface area contributed by atoms with Crippen molar-refractivity contribution < 1.29 is 14.3 Å². The Kier molecular flexibility index (Phi) is 4.65. The van der Waals surface area contributed by atoms with E-state index >= 15 is 0 Å². The highest BCUT2D eigenvalue weighted by Gasteiger charge is 2.44. The number of thioether (sulfide) groups is 1. The van der Waals surface area contributed by atoms with E-state index in [0.29, 0.717) is 12.2 Å². The molecule has 92 valence electrons. The van der Waals surface area contributed by atoms with Gasteiger partial charge in [-0.15, -0.1) is 0 Å². The standard InChI is InChI=1S/C11H19NO3S/c1-4-8(2)9(13)12-11(10(14)15-3)5-6-16-7-11/h8H,4-7H2,1-3H3,(H,12,13)/t8-,11-/m0/s1. The van der Waals surface area contributed by atoms with Crippen molar-refractivity contribution >= 4 is 23.6 Å². The molecule has 1 saturated heterocycles. The first-order valence-electron chi connectivity index (χ1n) is 5.54. The van der Waals surface area contributed by atoms with Gasteiger partial charge in [-0.1, -0.05) is 13.8 Å². The van der Waals surface area contributed by atoms with E-state index in [1.54, 1.807) is 11.8 Å². The summed E-state index contributed by atoms with van der Waals surface area (Å²) in [5.41, 5.74) is -0.792. The van der Waals surface area contributed by atoms with Crippen LogP contribution in [0.25, 0.3) is 0 Å². The van der Waals surface area contributed by atoms with Gasteiger partial charge in [0.15, 0.2) is 0 Å². The van der Waals surface area contributed by atoms with Crippen molar-refractivity contribution in [3.8, 4) is 0 Å². The molecule has 2 atom stereocenters. The molecule has 16 heavy (non-hydrogen) atoms. The summed E-state index contributed by atoms with van der Waals surface area (Å²) in [6.45, 7) is 3.82. The number of amides is 1. The summed E-state index contributed by atoms with van der Waals surface area (Å²) in [6, 6.07) is 0. The number of rotatable bonds is 4. The summed E-state index contributed by atoms with van der Waals surface area (Å²) in [5.74, 6) is 1.05. The van der Waals surface area contributed by atoms with Gasteiger partial charge >= 0.3 is 5.97 Å². The van der Waals surface area contributed by atoms with Gasteiger partial charge < -0.3 is 10.1 Å². The van der Waals surface area contributed by atoms with E-state index in [0.717, 1.165) is 12.2 Å². The maximum absolute atomic E-state index is 11.8. The van der Waals surface area contributed by atoms with Crippen molar-refractivity contribution in [2.24, 2.45) is 5.92 Å². The first-order valence-corrected chi connectivity index (χ1v) is 6.69. The van der Waals surface area contributed by atoms with E-state index in [2.05, 4.69) is 5.32 Å². The van der Waals surface area contributed by atoms with E-state index in [4.69, 9.17) is 4.74 Å². The molecule has 1 aliphatic heterocycles. The lowest BCUT2D eigenvalue weighted by atomic mass is 9.97. The number of hydrogen-bond donors (Lipinski definition) is 1. The van der Waals surface area contributed by atoms with E-state index in [-0.39, 0.29) is 17.8 Å². The summed E-state index contributed by atoms with van der Waals surface area (Å²) in [6.07, 6.45) is 1.43. The Morgan fingerprint density at radius 3 is 2.69 bits per heavy atom. The van der Waals surface area contributed by atoms with Crippen molar-refractivity contribution in [2.75, 3.05) is 18.6 Å². The third kappa shape index (κ3) is 2.70. The van der Waals surface area contributed by atoms with E-state index in [1.165, 1.54) is 7.11 Å². The molecule has 1 aliphatic rings. The molecule has 0 aromatic rings. The second kappa shape index (κ2) is 5.57. The third-order valence-electron chi connectivity index (χ3n) is 3.02. The van der Waals surface area contributed by atoms with Crippen molar-refractivity contribution in [3.63, 3.8) is 0 Å². The second-order valence-corrected chi connectivity index (χ2v) is 5.28. The average Bonchev–Trinajstić information content (AvgIpc) is 2.76. The number of methoxy groups -OCH3 is 1. The largest absolute Gasteiger partial charge is 0.467 e. The fraction of sp³-hybridized carbons (Fsp3) is 0.818. The first-order chi connectivity index (χ1) is 7.55. The zero-order valence-corrected chi connectivity index (χ0v) is 10.9. The van der Waals surface area contributed by atoms with Gasteiger partial charge in [-0.3, -0.25) is 4.79 Å². The van der Waals surface area contributed by atoms with Gasteiger partial charge in [-0.05, 0) is 18.6 Å². The number of nitrogens with one attached hydrogen (secondary N) is 1. The van der Waals surface area contributed by atoms with Crippen molar-refractivity contribution in [2.45, 2.75) is 32.2 Å². The highest BCUT2D eigenvalue weighted by Crippen LogP contribution is 2.29. The SMILES string of the molecule is CC[C@H](C)C(=O)N[C@@]1(C(=O)OC)CCSC1. The lowest BCUT2D eigenvalue weighted by Crippen LogP contribution is -2.56.